The smallest absolute Gasteiger partial charge is 0.244 e. The maximum absolute atomic E-state index is 13.0. The van der Waals surface area contributed by atoms with Gasteiger partial charge in [0.15, 0.2) is 5.76 Å². The molecule has 3 rings (SSSR count). The van der Waals surface area contributed by atoms with Crippen molar-refractivity contribution in [3.05, 3.63) is 44.7 Å². The zero-order valence-electron chi connectivity index (χ0n) is 11.8. The lowest BCUT2D eigenvalue weighted by Crippen LogP contribution is -2.30. The molecule has 0 aliphatic carbocycles. The van der Waals surface area contributed by atoms with Gasteiger partial charge >= 0.3 is 0 Å². The van der Waals surface area contributed by atoms with Gasteiger partial charge in [-0.25, -0.2) is 8.42 Å². The molecular weight excluding hydrogens is 436 g/mol. The van der Waals surface area contributed by atoms with E-state index in [0.29, 0.717) is 16.8 Å². The van der Waals surface area contributed by atoms with Gasteiger partial charge < -0.3 is 4.52 Å². The maximum Gasteiger partial charge on any atom is 0.244 e. The van der Waals surface area contributed by atoms with Gasteiger partial charge in [-0.2, -0.15) is 4.31 Å². The summed E-state index contributed by atoms with van der Waals surface area (Å²) in [5.74, 6) is 0.604. The standard InChI is InChI=1S/C14H14Br2N2O3S/c1-9-7-13(21-17-9)12-3-2-6-18(12)22(19,20)14-5-4-10(15)8-11(14)16/h4-5,7-8,12H,2-3,6H2,1H3. The third kappa shape index (κ3) is 2.89. The van der Waals surface area contributed by atoms with Crippen LogP contribution in [0.2, 0.25) is 0 Å². The van der Waals surface area contributed by atoms with Crippen molar-refractivity contribution in [3.8, 4) is 0 Å². The van der Waals surface area contributed by atoms with Crippen LogP contribution in [0.15, 0.2) is 42.6 Å². The molecule has 1 atom stereocenters. The van der Waals surface area contributed by atoms with Crippen molar-refractivity contribution in [2.24, 2.45) is 0 Å². The highest BCUT2D eigenvalue weighted by Crippen LogP contribution is 2.38. The van der Waals surface area contributed by atoms with Crippen LogP contribution in [0.25, 0.3) is 0 Å². The van der Waals surface area contributed by atoms with E-state index in [4.69, 9.17) is 4.52 Å². The van der Waals surface area contributed by atoms with Crippen LogP contribution in [0.3, 0.4) is 0 Å². The van der Waals surface area contributed by atoms with Gasteiger partial charge in [0.25, 0.3) is 0 Å². The predicted octanol–water partition coefficient (Wildman–Crippen LogP) is 4.03. The second kappa shape index (κ2) is 6.07. The quantitative estimate of drug-likeness (QED) is 0.709. The number of hydrogen-bond donors (Lipinski definition) is 0. The summed E-state index contributed by atoms with van der Waals surface area (Å²) in [5.41, 5.74) is 0.754. The molecule has 0 amide bonds. The van der Waals surface area contributed by atoms with Gasteiger partial charge in [0.05, 0.1) is 16.6 Å². The first-order chi connectivity index (χ1) is 10.4. The van der Waals surface area contributed by atoms with Crippen LogP contribution in [0.4, 0.5) is 0 Å². The molecule has 0 bridgehead atoms. The molecule has 0 N–H and O–H groups in total. The van der Waals surface area contributed by atoms with Crippen LogP contribution in [0.1, 0.15) is 30.3 Å². The molecule has 1 fully saturated rings. The minimum atomic E-state index is -3.60. The van der Waals surface area contributed by atoms with E-state index in [9.17, 15) is 8.42 Å². The van der Waals surface area contributed by atoms with Crippen LogP contribution < -0.4 is 0 Å². The predicted molar refractivity (Wildman–Crippen MR) is 88.9 cm³/mol. The summed E-state index contributed by atoms with van der Waals surface area (Å²) in [5, 5.41) is 3.87. The molecule has 0 spiro atoms. The molecule has 1 saturated heterocycles. The normalized spacial score (nSPS) is 19.7. The molecule has 118 valence electrons. The zero-order valence-corrected chi connectivity index (χ0v) is 15.8. The Kier molecular flexibility index (Phi) is 4.46. The van der Waals surface area contributed by atoms with Crippen molar-refractivity contribution < 1.29 is 12.9 Å². The van der Waals surface area contributed by atoms with Crippen molar-refractivity contribution >= 4 is 41.9 Å². The summed E-state index contributed by atoms with van der Waals surface area (Å²) in [4.78, 5) is 0.263. The van der Waals surface area contributed by atoms with Gasteiger partial charge in [0.1, 0.15) is 0 Å². The number of hydrogen-bond acceptors (Lipinski definition) is 4. The third-order valence-corrected chi connectivity index (χ3v) is 7.04. The Labute approximate surface area is 146 Å². The lowest BCUT2D eigenvalue weighted by molar-refractivity contribution is 0.297. The molecule has 1 aliphatic heterocycles. The van der Waals surface area contributed by atoms with Crippen molar-refractivity contribution in [1.82, 2.24) is 9.46 Å². The van der Waals surface area contributed by atoms with Gasteiger partial charge in [-0.05, 0) is 53.9 Å². The average molecular weight is 450 g/mol. The Balaban J connectivity index is 2.00. The van der Waals surface area contributed by atoms with E-state index in [1.54, 1.807) is 24.3 Å². The second-order valence-corrected chi connectivity index (χ2v) is 8.85. The number of halogens is 2. The summed E-state index contributed by atoms with van der Waals surface area (Å²) < 4.78 is 34.1. The van der Waals surface area contributed by atoms with E-state index in [2.05, 4.69) is 37.0 Å². The van der Waals surface area contributed by atoms with E-state index < -0.39 is 10.0 Å². The van der Waals surface area contributed by atoms with Crippen molar-refractivity contribution in [3.63, 3.8) is 0 Å². The number of aromatic nitrogens is 1. The van der Waals surface area contributed by atoms with Crippen molar-refractivity contribution in [2.45, 2.75) is 30.7 Å². The SMILES string of the molecule is Cc1cc(C2CCCN2S(=O)(=O)c2ccc(Br)cc2Br)on1. The van der Waals surface area contributed by atoms with Crippen LogP contribution in [0.5, 0.6) is 0 Å². The monoisotopic (exact) mass is 448 g/mol. The number of rotatable bonds is 3. The summed E-state index contributed by atoms with van der Waals surface area (Å²) in [7, 11) is -3.60. The van der Waals surface area contributed by atoms with Crippen molar-refractivity contribution in [2.75, 3.05) is 6.54 Å². The average Bonchev–Trinajstić information content (AvgIpc) is 3.06. The number of aryl methyl sites for hydroxylation is 1. The van der Waals surface area contributed by atoms with Gasteiger partial charge in [-0.15, -0.1) is 0 Å². The molecule has 2 aromatic rings. The zero-order chi connectivity index (χ0) is 15.9. The van der Waals surface area contributed by atoms with Crippen molar-refractivity contribution in [1.29, 1.82) is 0 Å². The molecule has 22 heavy (non-hydrogen) atoms. The molecule has 0 saturated carbocycles. The molecule has 5 nitrogen and oxygen atoms in total. The van der Waals surface area contributed by atoms with Gasteiger partial charge in [-0.3, -0.25) is 0 Å². The van der Waals surface area contributed by atoms with E-state index in [-0.39, 0.29) is 10.9 Å². The maximum atomic E-state index is 13.0. The Morgan fingerprint density at radius 1 is 1.32 bits per heavy atom. The highest BCUT2D eigenvalue weighted by molar-refractivity contribution is 9.11. The Morgan fingerprint density at radius 2 is 2.09 bits per heavy atom. The van der Waals surface area contributed by atoms with E-state index >= 15 is 0 Å². The lowest BCUT2D eigenvalue weighted by atomic mass is 10.2. The molecule has 1 aromatic carbocycles. The fourth-order valence-electron chi connectivity index (χ4n) is 2.66. The minimum absolute atomic E-state index is 0.263. The first kappa shape index (κ1) is 16.2. The molecule has 1 unspecified atom stereocenters. The first-order valence-corrected chi connectivity index (χ1v) is 9.82. The molecular formula is C14H14Br2N2O3S. The summed E-state index contributed by atoms with van der Waals surface area (Å²) in [6.45, 7) is 2.31. The summed E-state index contributed by atoms with van der Waals surface area (Å²) >= 11 is 6.67. The van der Waals surface area contributed by atoms with Crippen LogP contribution in [-0.4, -0.2) is 24.4 Å². The molecule has 1 aromatic heterocycles. The van der Waals surface area contributed by atoms with E-state index in [0.717, 1.165) is 23.0 Å². The van der Waals surface area contributed by atoms with Gasteiger partial charge in [0.2, 0.25) is 10.0 Å². The molecule has 8 heteroatoms. The highest BCUT2D eigenvalue weighted by atomic mass is 79.9. The topological polar surface area (TPSA) is 63.4 Å². The summed E-state index contributed by atoms with van der Waals surface area (Å²) in [6, 6.07) is 6.57. The Bertz CT molecular complexity index is 804. The Morgan fingerprint density at radius 3 is 2.73 bits per heavy atom. The van der Waals surface area contributed by atoms with Crippen LogP contribution >= 0.6 is 31.9 Å². The van der Waals surface area contributed by atoms with E-state index in [1.165, 1.54) is 4.31 Å². The van der Waals surface area contributed by atoms with E-state index in [1.807, 2.05) is 6.92 Å². The number of sulfonamides is 1. The largest absolute Gasteiger partial charge is 0.359 e. The molecule has 0 radical (unpaired) electrons. The van der Waals surface area contributed by atoms with Gasteiger partial charge in [-0.1, -0.05) is 21.1 Å². The fraction of sp³-hybridized carbons (Fsp3) is 0.357. The number of nitrogens with zero attached hydrogens (tertiary/aromatic N) is 2. The highest BCUT2D eigenvalue weighted by Gasteiger charge is 2.39. The number of benzene rings is 1. The lowest BCUT2D eigenvalue weighted by Gasteiger charge is -2.22. The van der Waals surface area contributed by atoms with Crippen LogP contribution in [-0.2, 0) is 10.0 Å². The summed E-state index contributed by atoms with van der Waals surface area (Å²) in [6.07, 6.45) is 1.54. The van der Waals surface area contributed by atoms with Gasteiger partial charge in [0, 0.05) is 21.6 Å². The molecule has 2 heterocycles. The molecule has 1 aliphatic rings. The second-order valence-electron chi connectivity index (χ2n) is 5.22. The fourth-order valence-corrected chi connectivity index (χ4v) is 6.04. The Hall–Kier alpha value is -0.700. The minimum Gasteiger partial charge on any atom is -0.359 e. The third-order valence-electron chi connectivity index (χ3n) is 3.66. The van der Waals surface area contributed by atoms with Crippen LogP contribution in [0, 0.1) is 6.92 Å². The first-order valence-electron chi connectivity index (χ1n) is 6.80.